The molecule has 0 saturated carbocycles. The maximum atomic E-state index is 13.0. The minimum absolute atomic E-state index is 0.0669. The molecule has 1 saturated heterocycles. The normalized spacial score (nSPS) is 14.9. The first-order valence-electron chi connectivity index (χ1n) is 9.37. The Hall–Kier alpha value is -2.76. The van der Waals surface area contributed by atoms with Crippen molar-refractivity contribution in [2.75, 3.05) is 18.4 Å². The summed E-state index contributed by atoms with van der Waals surface area (Å²) in [6.07, 6.45) is 3.15. The molecule has 6 nitrogen and oxygen atoms in total. The van der Waals surface area contributed by atoms with Crippen LogP contribution in [-0.2, 0) is 11.3 Å². The van der Waals surface area contributed by atoms with E-state index in [1.54, 1.807) is 13.2 Å². The number of aryl methyl sites for hydroxylation is 2. The molecule has 27 heavy (non-hydrogen) atoms. The van der Waals surface area contributed by atoms with E-state index in [-0.39, 0.29) is 18.0 Å². The maximum absolute atomic E-state index is 13.0. The molecule has 0 spiro atoms. The highest BCUT2D eigenvalue weighted by Gasteiger charge is 2.29. The van der Waals surface area contributed by atoms with Crippen molar-refractivity contribution in [2.24, 2.45) is 0 Å². The Morgan fingerprint density at radius 3 is 2.52 bits per heavy atom. The smallest absolute Gasteiger partial charge is 0.322 e. The fourth-order valence-electron chi connectivity index (χ4n) is 3.44. The minimum atomic E-state index is -0.143. The van der Waals surface area contributed by atoms with Crippen LogP contribution in [0.4, 0.5) is 10.5 Å². The van der Waals surface area contributed by atoms with E-state index < -0.39 is 0 Å². The van der Waals surface area contributed by atoms with E-state index in [4.69, 9.17) is 4.42 Å². The molecule has 1 N–H and O–H groups in total. The van der Waals surface area contributed by atoms with Gasteiger partial charge >= 0.3 is 6.03 Å². The number of anilines is 1. The van der Waals surface area contributed by atoms with Gasteiger partial charge in [0.2, 0.25) is 5.91 Å². The average molecular weight is 369 g/mol. The highest BCUT2D eigenvalue weighted by Crippen LogP contribution is 2.22. The lowest BCUT2D eigenvalue weighted by molar-refractivity contribution is -0.130. The van der Waals surface area contributed by atoms with Crippen LogP contribution in [-0.4, -0.2) is 40.9 Å². The number of urea groups is 1. The molecule has 3 amide bonds. The number of nitrogens with one attached hydrogen (secondary N) is 1. The number of amides is 3. The van der Waals surface area contributed by atoms with Gasteiger partial charge in [0.1, 0.15) is 5.76 Å². The fourth-order valence-corrected chi connectivity index (χ4v) is 3.44. The number of furan rings is 1. The van der Waals surface area contributed by atoms with Gasteiger partial charge in [-0.25, -0.2) is 4.79 Å². The first-order chi connectivity index (χ1) is 12.9. The van der Waals surface area contributed by atoms with Gasteiger partial charge < -0.3 is 19.5 Å². The molecule has 0 bridgehead atoms. The average Bonchev–Trinajstić information content (AvgIpc) is 3.16. The molecule has 1 aliphatic heterocycles. The van der Waals surface area contributed by atoms with Crippen LogP contribution in [0.25, 0.3) is 0 Å². The maximum Gasteiger partial charge on any atom is 0.322 e. The van der Waals surface area contributed by atoms with Gasteiger partial charge in [-0.2, -0.15) is 0 Å². The van der Waals surface area contributed by atoms with Gasteiger partial charge in [-0.15, -0.1) is 0 Å². The monoisotopic (exact) mass is 369 g/mol. The van der Waals surface area contributed by atoms with Crippen molar-refractivity contribution < 1.29 is 14.0 Å². The molecule has 2 heterocycles. The highest BCUT2D eigenvalue weighted by molar-refractivity contribution is 5.89. The van der Waals surface area contributed by atoms with Gasteiger partial charge in [0.05, 0.1) is 12.8 Å². The Morgan fingerprint density at radius 1 is 1.19 bits per heavy atom. The van der Waals surface area contributed by atoms with Crippen molar-refractivity contribution in [3.8, 4) is 0 Å². The highest BCUT2D eigenvalue weighted by atomic mass is 16.3. The molecule has 0 aliphatic carbocycles. The van der Waals surface area contributed by atoms with Gasteiger partial charge in [0, 0.05) is 31.7 Å². The molecule has 2 aromatic rings. The van der Waals surface area contributed by atoms with Crippen LogP contribution in [0.2, 0.25) is 0 Å². The summed E-state index contributed by atoms with van der Waals surface area (Å²) in [4.78, 5) is 28.3. The quantitative estimate of drug-likeness (QED) is 0.888. The van der Waals surface area contributed by atoms with Gasteiger partial charge in [0.25, 0.3) is 0 Å². The third kappa shape index (κ3) is 4.70. The van der Waals surface area contributed by atoms with Gasteiger partial charge in [-0.3, -0.25) is 4.79 Å². The summed E-state index contributed by atoms with van der Waals surface area (Å²) in [6.45, 7) is 7.43. The van der Waals surface area contributed by atoms with Crippen molar-refractivity contribution >= 4 is 17.6 Å². The van der Waals surface area contributed by atoms with E-state index in [1.165, 1.54) is 5.56 Å². The summed E-state index contributed by atoms with van der Waals surface area (Å²) < 4.78 is 5.46. The Balaban J connectivity index is 1.73. The van der Waals surface area contributed by atoms with Crippen molar-refractivity contribution in [1.29, 1.82) is 0 Å². The Morgan fingerprint density at radius 2 is 1.93 bits per heavy atom. The summed E-state index contributed by atoms with van der Waals surface area (Å²) >= 11 is 0. The van der Waals surface area contributed by atoms with E-state index in [1.807, 2.05) is 54.0 Å². The summed E-state index contributed by atoms with van der Waals surface area (Å²) in [6, 6.07) is 9.54. The van der Waals surface area contributed by atoms with Crippen molar-refractivity contribution in [2.45, 2.75) is 46.2 Å². The van der Waals surface area contributed by atoms with E-state index in [0.717, 1.165) is 29.9 Å². The van der Waals surface area contributed by atoms with E-state index in [2.05, 4.69) is 5.32 Å². The van der Waals surface area contributed by atoms with Crippen LogP contribution >= 0.6 is 0 Å². The number of carbonyl (C=O) groups excluding carboxylic acids is 2. The standard InChI is InChI=1S/C21H27N3O3/c1-15-6-7-18(13-16(15)2)22-21(26)24(14-20-5-4-12-27-20)19-8-10-23(11-9-19)17(3)25/h4-7,12-13,19H,8-11,14H2,1-3H3,(H,22,26). The number of benzene rings is 1. The SMILES string of the molecule is CC(=O)N1CCC(N(Cc2ccco2)C(=O)Nc2ccc(C)c(C)c2)CC1. The van der Waals surface area contributed by atoms with Gasteiger partial charge in [-0.1, -0.05) is 6.07 Å². The zero-order valence-electron chi connectivity index (χ0n) is 16.2. The summed E-state index contributed by atoms with van der Waals surface area (Å²) in [7, 11) is 0. The topological polar surface area (TPSA) is 65.8 Å². The van der Waals surface area contributed by atoms with Crippen LogP contribution in [0.1, 0.15) is 36.7 Å². The predicted octanol–water partition coefficient (Wildman–Crippen LogP) is 3.94. The molecule has 1 aromatic heterocycles. The van der Waals surface area contributed by atoms with Gasteiger partial charge in [-0.05, 0) is 62.1 Å². The molecule has 144 valence electrons. The second kappa shape index (κ2) is 8.29. The molecule has 0 radical (unpaired) electrons. The number of piperidine rings is 1. The third-order valence-electron chi connectivity index (χ3n) is 5.28. The lowest BCUT2D eigenvalue weighted by Gasteiger charge is -2.38. The molecular formula is C21H27N3O3. The van der Waals surface area contributed by atoms with Gasteiger partial charge in [0.15, 0.2) is 0 Å². The Labute approximate surface area is 160 Å². The Bertz CT molecular complexity index is 793. The van der Waals surface area contributed by atoms with Crippen molar-refractivity contribution in [1.82, 2.24) is 9.80 Å². The zero-order valence-corrected chi connectivity index (χ0v) is 16.2. The summed E-state index contributed by atoms with van der Waals surface area (Å²) in [5.41, 5.74) is 3.12. The van der Waals surface area contributed by atoms with E-state index in [0.29, 0.717) is 19.6 Å². The predicted molar refractivity (Wildman–Crippen MR) is 104 cm³/mol. The second-order valence-electron chi connectivity index (χ2n) is 7.17. The zero-order chi connectivity index (χ0) is 19.4. The van der Waals surface area contributed by atoms with Crippen LogP contribution < -0.4 is 5.32 Å². The second-order valence-corrected chi connectivity index (χ2v) is 7.17. The lowest BCUT2D eigenvalue weighted by atomic mass is 10.0. The first-order valence-corrected chi connectivity index (χ1v) is 9.37. The van der Waals surface area contributed by atoms with Crippen molar-refractivity contribution in [3.05, 3.63) is 53.5 Å². The molecule has 0 unspecified atom stereocenters. The number of rotatable bonds is 4. The largest absolute Gasteiger partial charge is 0.467 e. The summed E-state index contributed by atoms with van der Waals surface area (Å²) in [5.74, 6) is 0.838. The number of carbonyl (C=O) groups is 2. The summed E-state index contributed by atoms with van der Waals surface area (Å²) in [5, 5.41) is 3.02. The first kappa shape index (κ1) is 19.0. The number of likely N-dealkylation sites (tertiary alicyclic amines) is 1. The van der Waals surface area contributed by atoms with E-state index in [9.17, 15) is 9.59 Å². The fraction of sp³-hybridized carbons (Fsp3) is 0.429. The van der Waals surface area contributed by atoms with Crippen LogP contribution in [0.5, 0.6) is 0 Å². The van der Waals surface area contributed by atoms with E-state index >= 15 is 0 Å². The lowest BCUT2D eigenvalue weighted by Crippen LogP contribution is -2.49. The minimum Gasteiger partial charge on any atom is -0.467 e. The molecule has 6 heteroatoms. The Kier molecular flexibility index (Phi) is 5.84. The molecule has 1 fully saturated rings. The third-order valence-corrected chi connectivity index (χ3v) is 5.28. The van der Waals surface area contributed by atoms with Crippen LogP contribution in [0.3, 0.4) is 0 Å². The molecular weight excluding hydrogens is 342 g/mol. The van der Waals surface area contributed by atoms with Crippen LogP contribution in [0, 0.1) is 13.8 Å². The van der Waals surface area contributed by atoms with Crippen molar-refractivity contribution in [3.63, 3.8) is 0 Å². The molecule has 1 aliphatic rings. The number of hydrogen-bond donors (Lipinski definition) is 1. The number of nitrogens with zero attached hydrogens (tertiary/aromatic N) is 2. The number of hydrogen-bond acceptors (Lipinski definition) is 3. The molecule has 3 rings (SSSR count). The molecule has 1 aromatic carbocycles. The van der Waals surface area contributed by atoms with Crippen LogP contribution in [0.15, 0.2) is 41.0 Å². The molecule has 0 atom stereocenters.